The van der Waals surface area contributed by atoms with Gasteiger partial charge in [0.25, 0.3) is 0 Å². The molecule has 11 heavy (non-hydrogen) atoms. The van der Waals surface area contributed by atoms with Crippen LogP contribution < -0.4 is 5.32 Å². The quantitative estimate of drug-likeness (QED) is 0.583. The molecule has 2 fully saturated rings. The van der Waals surface area contributed by atoms with Gasteiger partial charge < -0.3 is 5.32 Å². The molecule has 4 unspecified atom stereocenters. The lowest BCUT2D eigenvalue weighted by molar-refractivity contribution is 0.591. The van der Waals surface area contributed by atoms with Crippen LogP contribution in [0.2, 0.25) is 0 Å². The highest BCUT2D eigenvalue weighted by molar-refractivity contribution is 7.55. The predicted octanol–water partition coefficient (Wildman–Crippen LogP) is 1.12. The van der Waals surface area contributed by atoms with E-state index in [4.69, 9.17) is 0 Å². The van der Waals surface area contributed by atoms with Crippen molar-refractivity contribution < 1.29 is 0 Å². The fourth-order valence-corrected chi connectivity index (χ4v) is 3.49. The Labute approximate surface area is 70.0 Å². The second-order valence-corrected chi connectivity index (χ2v) is 6.77. The summed E-state index contributed by atoms with van der Waals surface area (Å²) in [6.07, 6.45) is 0. The second kappa shape index (κ2) is 2.64. The lowest BCUT2D eigenvalue weighted by atomic mass is 10.2. The molecule has 1 saturated carbocycles. The van der Waals surface area contributed by atoms with Crippen LogP contribution in [0.1, 0.15) is 6.92 Å². The lowest BCUT2D eigenvalue weighted by Crippen LogP contribution is -2.28. The van der Waals surface area contributed by atoms with Gasteiger partial charge in [0.05, 0.1) is 0 Å². The molecule has 64 valence electrons. The second-order valence-electron chi connectivity index (χ2n) is 4.28. The molecule has 1 N–H and O–H groups in total. The van der Waals surface area contributed by atoms with Crippen molar-refractivity contribution in [2.24, 2.45) is 17.8 Å². The number of fused-ring (bicyclic) bond motifs is 1. The lowest BCUT2D eigenvalue weighted by Gasteiger charge is -2.10. The molecular formula is C9H18NP. The van der Waals surface area contributed by atoms with Crippen molar-refractivity contribution in [2.75, 3.05) is 19.9 Å². The van der Waals surface area contributed by atoms with Crippen molar-refractivity contribution in [2.45, 2.75) is 13.0 Å². The van der Waals surface area contributed by atoms with E-state index in [1.54, 1.807) is 0 Å². The smallest absolute Gasteiger partial charge is 0.0286 e. The van der Waals surface area contributed by atoms with Gasteiger partial charge in [-0.1, -0.05) is 12.7 Å². The molecule has 0 amide bonds. The molecule has 0 aromatic heterocycles. The fourth-order valence-electron chi connectivity index (χ4n) is 2.43. The Kier molecular flexibility index (Phi) is 1.89. The average molecular weight is 171 g/mol. The van der Waals surface area contributed by atoms with Crippen molar-refractivity contribution in [3.05, 3.63) is 0 Å². The Balaban J connectivity index is 2.02. The number of nitrogens with one attached hydrogen (secondary N) is 1. The third-order valence-corrected chi connectivity index (χ3v) is 4.18. The van der Waals surface area contributed by atoms with Crippen LogP contribution >= 0.6 is 7.55 Å². The number of hydrogen-bond donors (Lipinski definition) is 1. The summed E-state index contributed by atoms with van der Waals surface area (Å²) in [4.78, 5) is 0. The molecular weight excluding hydrogens is 153 g/mol. The van der Waals surface area contributed by atoms with Crippen molar-refractivity contribution in [3.8, 4) is 0 Å². The predicted molar refractivity (Wildman–Crippen MR) is 54.2 cm³/mol. The van der Waals surface area contributed by atoms with Crippen LogP contribution in [0, 0.1) is 17.8 Å². The summed E-state index contributed by atoms with van der Waals surface area (Å²) < 4.78 is 0. The Bertz CT molecular complexity index is 196. The van der Waals surface area contributed by atoms with Gasteiger partial charge in [-0.2, -0.15) is 0 Å². The molecule has 4 atom stereocenters. The SMILES string of the molecule is CC1C2CNC(C=[PH](C)C)C12. The van der Waals surface area contributed by atoms with Gasteiger partial charge in [-0.25, -0.2) is 0 Å². The molecule has 2 rings (SSSR count). The van der Waals surface area contributed by atoms with Gasteiger partial charge in [0.15, 0.2) is 0 Å². The molecule has 1 saturated heterocycles. The Morgan fingerprint density at radius 1 is 1.45 bits per heavy atom. The molecule has 0 aromatic carbocycles. The third-order valence-electron chi connectivity index (χ3n) is 3.15. The fraction of sp³-hybridized carbons (Fsp3) is 0.889. The van der Waals surface area contributed by atoms with Gasteiger partial charge in [-0.15, -0.1) is 7.55 Å². The third kappa shape index (κ3) is 1.29. The maximum atomic E-state index is 3.59. The molecule has 0 radical (unpaired) electrons. The van der Waals surface area contributed by atoms with Gasteiger partial charge in [0.2, 0.25) is 0 Å². The summed E-state index contributed by atoms with van der Waals surface area (Å²) in [5, 5.41) is 3.59. The summed E-state index contributed by atoms with van der Waals surface area (Å²) >= 11 is 0. The normalized spacial score (nSPS) is 47.6. The molecule has 1 nitrogen and oxygen atoms in total. The van der Waals surface area contributed by atoms with Gasteiger partial charge in [0, 0.05) is 6.04 Å². The number of rotatable bonds is 1. The Hall–Kier alpha value is 0.260. The summed E-state index contributed by atoms with van der Waals surface area (Å²) in [7, 11) is -0.134. The summed E-state index contributed by atoms with van der Waals surface area (Å²) in [5.41, 5.74) is 0. The standard InChI is InChI=1S/C9H18NP/c1-6-7-4-10-8(9(6)7)5-11(2)3/h5-11H,4H2,1-3H3. The van der Waals surface area contributed by atoms with Gasteiger partial charge in [-0.3, -0.25) is 0 Å². The molecule has 1 aliphatic carbocycles. The monoisotopic (exact) mass is 171 g/mol. The number of hydrogen-bond acceptors (Lipinski definition) is 1. The van der Waals surface area contributed by atoms with E-state index in [0.29, 0.717) is 0 Å². The van der Waals surface area contributed by atoms with E-state index in [1.165, 1.54) is 6.54 Å². The summed E-state index contributed by atoms with van der Waals surface area (Å²) in [6.45, 7) is 8.41. The van der Waals surface area contributed by atoms with E-state index in [9.17, 15) is 0 Å². The first-order chi connectivity index (χ1) is 5.20. The molecule has 0 bridgehead atoms. The van der Waals surface area contributed by atoms with Crippen molar-refractivity contribution in [3.63, 3.8) is 0 Å². The largest absolute Gasteiger partial charge is 0.310 e. The van der Waals surface area contributed by atoms with Crippen molar-refractivity contribution in [1.82, 2.24) is 5.32 Å². The molecule has 0 aromatic rings. The highest BCUT2D eigenvalue weighted by Gasteiger charge is 2.54. The molecule has 0 spiro atoms. The minimum atomic E-state index is -0.134. The zero-order valence-corrected chi connectivity index (χ0v) is 8.59. The van der Waals surface area contributed by atoms with E-state index in [0.717, 1.165) is 23.8 Å². The van der Waals surface area contributed by atoms with E-state index in [2.05, 4.69) is 31.4 Å². The zero-order valence-electron chi connectivity index (χ0n) is 7.59. The minimum Gasteiger partial charge on any atom is -0.310 e. The Morgan fingerprint density at radius 2 is 2.18 bits per heavy atom. The van der Waals surface area contributed by atoms with Crippen LogP contribution in [0.4, 0.5) is 0 Å². The van der Waals surface area contributed by atoms with E-state index in [-0.39, 0.29) is 7.55 Å². The first-order valence-corrected chi connectivity index (χ1v) is 7.16. The van der Waals surface area contributed by atoms with Crippen LogP contribution in [0.15, 0.2) is 0 Å². The molecule has 1 heterocycles. The van der Waals surface area contributed by atoms with E-state index >= 15 is 0 Å². The first-order valence-electron chi connectivity index (χ1n) is 4.58. The molecule has 2 heteroatoms. The topological polar surface area (TPSA) is 12.0 Å². The van der Waals surface area contributed by atoms with E-state index < -0.39 is 0 Å². The van der Waals surface area contributed by atoms with Crippen molar-refractivity contribution >= 4 is 13.3 Å². The van der Waals surface area contributed by atoms with Crippen LogP contribution in [0.5, 0.6) is 0 Å². The summed E-state index contributed by atoms with van der Waals surface area (Å²) in [6, 6.07) is 0.777. The van der Waals surface area contributed by atoms with Crippen LogP contribution in [0.25, 0.3) is 0 Å². The van der Waals surface area contributed by atoms with Gasteiger partial charge in [-0.05, 0) is 37.6 Å². The zero-order chi connectivity index (χ0) is 8.01. The highest BCUT2D eigenvalue weighted by atomic mass is 31.1. The van der Waals surface area contributed by atoms with E-state index in [1.807, 2.05) is 0 Å². The first kappa shape index (κ1) is 7.89. The van der Waals surface area contributed by atoms with Gasteiger partial charge >= 0.3 is 0 Å². The van der Waals surface area contributed by atoms with Crippen LogP contribution in [-0.4, -0.2) is 31.7 Å². The highest BCUT2D eigenvalue weighted by Crippen LogP contribution is 2.51. The van der Waals surface area contributed by atoms with Crippen LogP contribution in [0.3, 0.4) is 0 Å². The number of piperidine rings is 1. The molecule has 2 aliphatic rings. The summed E-state index contributed by atoms with van der Waals surface area (Å²) in [5.74, 6) is 5.62. The Morgan fingerprint density at radius 3 is 2.64 bits per heavy atom. The minimum absolute atomic E-state index is 0.134. The molecule has 1 aliphatic heterocycles. The maximum absolute atomic E-state index is 3.59. The van der Waals surface area contributed by atoms with Gasteiger partial charge in [0.1, 0.15) is 0 Å². The van der Waals surface area contributed by atoms with Crippen LogP contribution in [-0.2, 0) is 0 Å². The average Bonchev–Trinajstić information content (AvgIpc) is 2.39. The maximum Gasteiger partial charge on any atom is 0.0286 e. The van der Waals surface area contributed by atoms with Crippen molar-refractivity contribution in [1.29, 1.82) is 0 Å².